The largest absolute Gasteiger partial charge is 0.422 e. The van der Waals surface area contributed by atoms with Gasteiger partial charge in [-0.1, -0.05) is 74.8 Å². The minimum Gasteiger partial charge on any atom is -0.422 e. The van der Waals surface area contributed by atoms with Gasteiger partial charge >= 0.3 is 5.97 Å². The molecule has 0 aliphatic rings. The molecule has 0 heterocycles. The Kier molecular flexibility index (Phi) is 14.9. The van der Waals surface area contributed by atoms with Gasteiger partial charge in [0, 0.05) is 4.90 Å². The average molecular weight is 556 g/mol. The van der Waals surface area contributed by atoms with E-state index in [0.717, 1.165) is 89.9 Å². The number of aryl methyl sites for hydroxylation is 4. The van der Waals surface area contributed by atoms with Crippen molar-refractivity contribution in [3.8, 4) is 5.75 Å². The fourth-order valence-corrected chi connectivity index (χ4v) is 6.29. The second-order valence-corrected chi connectivity index (χ2v) is 12.1. The first-order valence-corrected chi connectivity index (χ1v) is 15.6. The number of rotatable bonds is 18. The van der Waals surface area contributed by atoms with Crippen molar-refractivity contribution in [2.24, 2.45) is 0 Å². The Morgan fingerprint density at radius 1 is 0.769 bits per heavy atom. The summed E-state index contributed by atoms with van der Waals surface area (Å²) in [5.41, 5.74) is 4.33. The van der Waals surface area contributed by atoms with Crippen LogP contribution in [-0.4, -0.2) is 54.8 Å². The molecule has 0 saturated heterocycles. The standard InChI is InChI=1S/C33H51N2O3S/c1-7-21-35(22-8-2,25-30(36)38-32-26(3)16-14-17-27(32)4)23-13-11-9-10-12-20-34-24-31(37)39-33-28(5)18-15-19-29(33)6/h14-19,34H,7-13,20-25H2,1-6H3/q+1. The number of carbonyl (C=O) groups is 2. The SMILES string of the molecule is CCC[N+](CCC)(CCCCCCCNCC(=O)Sc1c(C)cccc1C)CC(=O)Oc1c(C)cccc1C. The van der Waals surface area contributed by atoms with E-state index < -0.39 is 0 Å². The fraction of sp³-hybridized carbons (Fsp3) is 0.576. The van der Waals surface area contributed by atoms with Gasteiger partial charge in [-0.2, -0.15) is 0 Å². The highest BCUT2D eigenvalue weighted by Gasteiger charge is 2.30. The predicted molar refractivity (Wildman–Crippen MR) is 165 cm³/mol. The van der Waals surface area contributed by atoms with Crippen LogP contribution in [0.2, 0.25) is 0 Å². The lowest BCUT2D eigenvalue weighted by Crippen LogP contribution is -2.53. The molecule has 5 nitrogen and oxygen atoms in total. The highest BCUT2D eigenvalue weighted by molar-refractivity contribution is 8.13. The number of hydrogen-bond donors (Lipinski definition) is 1. The van der Waals surface area contributed by atoms with Gasteiger partial charge in [-0.15, -0.1) is 0 Å². The summed E-state index contributed by atoms with van der Waals surface area (Å²) in [6.45, 7) is 17.3. The van der Waals surface area contributed by atoms with E-state index in [9.17, 15) is 9.59 Å². The predicted octanol–water partition coefficient (Wildman–Crippen LogP) is 7.32. The molecule has 2 aromatic rings. The lowest BCUT2D eigenvalue weighted by molar-refractivity contribution is -0.921. The van der Waals surface area contributed by atoms with Crippen LogP contribution >= 0.6 is 11.8 Å². The van der Waals surface area contributed by atoms with E-state index in [2.05, 4.69) is 45.1 Å². The molecule has 0 aromatic heterocycles. The summed E-state index contributed by atoms with van der Waals surface area (Å²) in [7, 11) is 0. The van der Waals surface area contributed by atoms with Gasteiger partial charge in [0.15, 0.2) is 6.54 Å². The molecule has 0 fully saturated rings. The Morgan fingerprint density at radius 3 is 1.90 bits per heavy atom. The minimum atomic E-state index is -0.120. The van der Waals surface area contributed by atoms with Gasteiger partial charge in [0.25, 0.3) is 0 Å². The smallest absolute Gasteiger partial charge is 0.367 e. The first-order chi connectivity index (χ1) is 18.7. The van der Waals surface area contributed by atoms with E-state index >= 15 is 0 Å². The Labute approximate surface area is 241 Å². The maximum Gasteiger partial charge on any atom is 0.367 e. The Bertz CT molecular complexity index is 1010. The number of benzene rings is 2. The summed E-state index contributed by atoms with van der Waals surface area (Å²) in [4.78, 5) is 26.5. The summed E-state index contributed by atoms with van der Waals surface area (Å²) in [5.74, 6) is 0.596. The van der Waals surface area contributed by atoms with Gasteiger partial charge in [0.05, 0.1) is 26.2 Å². The van der Waals surface area contributed by atoms with Crippen LogP contribution in [0.25, 0.3) is 0 Å². The number of carbonyl (C=O) groups excluding carboxylic acids is 2. The fourth-order valence-electron chi connectivity index (χ4n) is 5.43. The van der Waals surface area contributed by atoms with Crippen molar-refractivity contribution in [3.63, 3.8) is 0 Å². The molecule has 0 spiro atoms. The molecular formula is C33H51N2O3S+. The maximum atomic E-state index is 13.0. The first-order valence-electron chi connectivity index (χ1n) is 14.8. The van der Waals surface area contributed by atoms with Crippen LogP contribution in [0.5, 0.6) is 5.75 Å². The van der Waals surface area contributed by atoms with Gasteiger partial charge in [0.1, 0.15) is 5.75 Å². The van der Waals surface area contributed by atoms with Gasteiger partial charge in [-0.3, -0.25) is 4.79 Å². The minimum absolute atomic E-state index is 0.120. The van der Waals surface area contributed by atoms with E-state index in [-0.39, 0.29) is 11.1 Å². The molecule has 0 unspecified atom stereocenters. The van der Waals surface area contributed by atoms with Crippen LogP contribution < -0.4 is 10.1 Å². The molecule has 0 aliphatic heterocycles. The summed E-state index contributed by atoms with van der Waals surface area (Å²) in [6.07, 6.45) is 7.81. The lowest BCUT2D eigenvalue weighted by Gasteiger charge is -2.37. The van der Waals surface area contributed by atoms with Crippen molar-refractivity contribution < 1.29 is 18.8 Å². The Morgan fingerprint density at radius 2 is 1.31 bits per heavy atom. The van der Waals surface area contributed by atoms with Crippen molar-refractivity contribution in [3.05, 3.63) is 58.7 Å². The van der Waals surface area contributed by atoms with Crippen molar-refractivity contribution in [1.29, 1.82) is 0 Å². The Balaban J connectivity index is 1.70. The van der Waals surface area contributed by atoms with Gasteiger partial charge in [-0.05, 0) is 88.6 Å². The highest BCUT2D eigenvalue weighted by Crippen LogP contribution is 2.26. The van der Waals surface area contributed by atoms with Gasteiger partial charge < -0.3 is 14.5 Å². The highest BCUT2D eigenvalue weighted by atomic mass is 32.2. The summed E-state index contributed by atoms with van der Waals surface area (Å²) < 4.78 is 6.70. The molecule has 0 bridgehead atoms. The summed E-state index contributed by atoms with van der Waals surface area (Å²) >= 11 is 1.35. The van der Waals surface area contributed by atoms with Crippen LogP contribution in [0, 0.1) is 27.7 Å². The molecule has 6 heteroatoms. The number of quaternary nitrogens is 1. The molecule has 2 rings (SSSR count). The average Bonchev–Trinajstić information content (AvgIpc) is 2.88. The summed E-state index contributed by atoms with van der Waals surface area (Å²) in [5, 5.41) is 3.49. The van der Waals surface area contributed by atoms with Gasteiger partial charge in [0.2, 0.25) is 5.12 Å². The number of esters is 1. The number of para-hydroxylation sites is 1. The van der Waals surface area contributed by atoms with Crippen LogP contribution in [-0.2, 0) is 9.59 Å². The molecule has 2 aromatic carbocycles. The monoisotopic (exact) mass is 555 g/mol. The number of thioether (sulfide) groups is 1. The topological polar surface area (TPSA) is 55.4 Å². The zero-order valence-electron chi connectivity index (χ0n) is 25.2. The normalized spacial score (nSPS) is 11.5. The van der Waals surface area contributed by atoms with Crippen molar-refractivity contribution >= 4 is 22.8 Å². The molecule has 216 valence electrons. The third-order valence-corrected chi connectivity index (χ3v) is 8.59. The van der Waals surface area contributed by atoms with Crippen LogP contribution in [0.15, 0.2) is 41.3 Å². The second-order valence-electron chi connectivity index (χ2n) is 11.0. The van der Waals surface area contributed by atoms with Crippen molar-refractivity contribution in [1.82, 2.24) is 5.32 Å². The van der Waals surface area contributed by atoms with E-state index in [1.807, 2.05) is 38.1 Å². The number of nitrogens with one attached hydrogen (secondary N) is 1. The molecule has 0 atom stereocenters. The second kappa shape index (κ2) is 17.5. The number of nitrogens with zero attached hydrogens (tertiary/aromatic N) is 1. The third-order valence-electron chi connectivity index (χ3n) is 7.37. The molecule has 0 radical (unpaired) electrons. The van der Waals surface area contributed by atoms with E-state index in [4.69, 9.17) is 4.74 Å². The van der Waals surface area contributed by atoms with E-state index in [0.29, 0.717) is 18.8 Å². The van der Waals surface area contributed by atoms with Crippen LogP contribution in [0.3, 0.4) is 0 Å². The molecule has 0 saturated carbocycles. The third kappa shape index (κ3) is 11.5. The number of unbranched alkanes of at least 4 members (excludes halogenated alkanes) is 4. The molecule has 0 aliphatic carbocycles. The quantitative estimate of drug-likeness (QED) is 0.0687. The maximum absolute atomic E-state index is 13.0. The van der Waals surface area contributed by atoms with Crippen molar-refractivity contribution in [2.45, 2.75) is 91.4 Å². The molecule has 1 N–H and O–H groups in total. The first kappa shape index (κ1) is 33.1. The van der Waals surface area contributed by atoms with Crippen molar-refractivity contribution in [2.75, 3.05) is 39.3 Å². The van der Waals surface area contributed by atoms with E-state index in [1.165, 1.54) is 24.6 Å². The summed E-state index contributed by atoms with van der Waals surface area (Å²) in [6, 6.07) is 12.1. The number of hydrogen-bond acceptors (Lipinski definition) is 5. The molecule has 39 heavy (non-hydrogen) atoms. The van der Waals surface area contributed by atoms with Crippen LogP contribution in [0.1, 0.15) is 81.0 Å². The zero-order valence-corrected chi connectivity index (χ0v) is 26.1. The lowest BCUT2D eigenvalue weighted by atomic mass is 10.1. The van der Waals surface area contributed by atoms with Crippen LogP contribution in [0.4, 0.5) is 0 Å². The molecular weight excluding hydrogens is 504 g/mol. The Hall–Kier alpha value is -2.15. The van der Waals surface area contributed by atoms with E-state index in [1.54, 1.807) is 0 Å². The molecule has 0 amide bonds. The zero-order chi connectivity index (χ0) is 28.7. The number of ether oxygens (including phenoxy) is 1. The van der Waals surface area contributed by atoms with Gasteiger partial charge in [-0.25, -0.2) is 4.79 Å².